The fraction of sp³-hybridized carbons (Fsp3) is 0.923. The molecule has 0 spiro atoms. The first-order chi connectivity index (χ1) is 10.00. The molecule has 0 aliphatic carbocycles. The molecule has 22 heavy (non-hydrogen) atoms. The third kappa shape index (κ3) is 6.17. The Hall–Kier alpha value is -0.130. The van der Waals surface area contributed by atoms with Crippen LogP contribution in [0.3, 0.4) is 0 Å². The summed E-state index contributed by atoms with van der Waals surface area (Å²) in [4.78, 5) is 8.81. The Morgan fingerprint density at radius 3 is 2.55 bits per heavy atom. The van der Waals surface area contributed by atoms with Crippen LogP contribution in [0.5, 0.6) is 0 Å². The number of nitrogens with one attached hydrogen (secondary N) is 1. The number of aliphatic hydroxyl groups is 1. The molecule has 9 heteroatoms. The highest BCUT2D eigenvalue weighted by Crippen LogP contribution is 2.09. The largest absolute Gasteiger partial charge is 0.391 e. The standard InChI is InChI=1S/C13H26N4O3S.HI/c1-2-14-13(17-5-3-12(18)11-17)15-4-6-16-7-9-21(19,20)10-8-16;/h12,18H,2-11H2,1H3,(H,14,15);1H/t12-;/m1./s1. The second kappa shape index (κ2) is 9.24. The molecular formula is C13H27IN4O3S. The molecule has 130 valence electrons. The molecule has 2 aliphatic rings. The number of β-amino-alcohol motifs (C(OH)–C–C–N with tert-alkyl or cyclic N) is 1. The normalized spacial score (nSPS) is 25.8. The summed E-state index contributed by atoms with van der Waals surface area (Å²) in [6.45, 7) is 6.93. The fourth-order valence-electron chi connectivity index (χ4n) is 2.63. The number of aliphatic imine (C=N–C) groups is 1. The summed E-state index contributed by atoms with van der Waals surface area (Å²) in [6.07, 6.45) is 0.523. The van der Waals surface area contributed by atoms with E-state index in [2.05, 4.69) is 20.1 Å². The van der Waals surface area contributed by atoms with Crippen LogP contribution in [0.1, 0.15) is 13.3 Å². The van der Waals surface area contributed by atoms with Crippen LogP contribution in [0.25, 0.3) is 0 Å². The van der Waals surface area contributed by atoms with Crippen LogP contribution in [-0.4, -0.2) is 92.7 Å². The van der Waals surface area contributed by atoms with Gasteiger partial charge in [-0.3, -0.25) is 9.89 Å². The maximum Gasteiger partial charge on any atom is 0.194 e. The van der Waals surface area contributed by atoms with Gasteiger partial charge in [0.2, 0.25) is 0 Å². The smallest absolute Gasteiger partial charge is 0.194 e. The molecule has 2 aliphatic heterocycles. The number of sulfone groups is 1. The van der Waals surface area contributed by atoms with Gasteiger partial charge in [0.25, 0.3) is 0 Å². The van der Waals surface area contributed by atoms with Crippen molar-refractivity contribution in [3.8, 4) is 0 Å². The monoisotopic (exact) mass is 446 g/mol. The van der Waals surface area contributed by atoms with Crippen molar-refractivity contribution in [3.63, 3.8) is 0 Å². The van der Waals surface area contributed by atoms with Crippen molar-refractivity contribution in [3.05, 3.63) is 0 Å². The van der Waals surface area contributed by atoms with E-state index >= 15 is 0 Å². The predicted molar refractivity (Wildman–Crippen MR) is 98.7 cm³/mol. The quantitative estimate of drug-likeness (QED) is 0.340. The summed E-state index contributed by atoms with van der Waals surface area (Å²) in [5.41, 5.74) is 0. The maximum atomic E-state index is 11.4. The molecule has 1 atom stereocenters. The van der Waals surface area contributed by atoms with Crippen LogP contribution in [0.15, 0.2) is 4.99 Å². The van der Waals surface area contributed by atoms with Gasteiger partial charge < -0.3 is 15.3 Å². The number of halogens is 1. The molecule has 0 aromatic heterocycles. The van der Waals surface area contributed by atoms with Gasteiger partial charge in [0.05, 0.1) is 24.2 Å². The SMILES string of the molecule is CCNC(=NCCN1CCS(=O)(=O)CC1)N1CC[C@@H](O)C1.I. The zero-order valence-corrected chi connectivity index (χ0v) is 16.2. The second-order valence-electron chi connectivity index (χ2n) is 5.62. The summed E-state index contributed by atoms with van der Waals surface area (Å²) in [7, 11) is -2.81. The van der Waals surface area contributed by atoms with Crippen molar-refractivity contribution in [2.45, 2.75) is 19.4 Å². The number of aliphatic hydroxyl groups excluding tert-OH is 1. The van der Waals surface area contributed by atoms with E-state index in [1.165, 1.54) is 0 Å². The molecule has 2 heterocycles. The van der Waals surface area contributed by atoms with Crippen LogP contribution in [0.2, 0.25) is 0 Å². The van der Waals surface area contributed by atoms with Gasteiger partial charge >= 0.3 is 0 Å². The number of rotatable bonds is 4. The van der Waals surface area contributed by atoms with Crippen LogP contribution >= 0.6 is 24.0 Å². The molecule has 0 unspecified atom stereocenters. The first kappa shape index (κ1) is 19.9. The van der Waals surface area contributed by atoms with Gasteiger partial charge in [-0.2, -0.15) is 0 Å². The first-order valence-corrected chi connectivity index (χ1v) is 9.46. The van der Waals surface area contributed by atoms with Crippen LogP contribution < -0.4 is 5.32 Å². The summed E-state index contributed by atoms with van der Waals surface area (Å²) in [6, 6.07) is 0. The topological polar surface area (TPSA) is 85.2 Å². The van der Waals surface area contributed by atoms with Crippen molar-refractivity contribution in [1.29, 1.82) is 0 Å². The van der Waals surface area contributed by atoms with E-state index in [1.54, 1.807) is 0 Å². The van der Waals surface area contributed by atoms with E-state index in [0.717, 1.165) is 32.0 Å². The zero-order chi connectivity index (χ0) is 15.3. The average molecular weight is 446 g/mol. The van der Waals surface area contributed by atoms with Crippen molar-refractivity contribution in [2.24, 2.45) is 4.99 Å². The molecule has 0 amide bonds. The van der Waals surface area contributed by atoms with E-state index in [4.69, 9.17) is 0 Å². The molecule has 2 saturated heterocycles. The lowest BCUT2D eigenvalue weighted by Crippen LogP contribution is -2.43. The first-order valence-electron chi connectivity index (χ1n) is 7.64. The van der Waals surface area contributed by atoms with Crippen LogP contribution in [-0.2, 0) is 9.84 Å². The predicted octanol–water partition coefficient (Wildman–Crippen LogP) is -0.633. The van der Waals surface area contributed by atoms with Crippen molar-refractivity contribution >= 4 is 39.8 Å². The van der Waals surface area contributed by atoms with Gasteiger partial charge in [-0.15, -0.1) is 24.0 Å². The van der Waals surface area contributed by atoms with Gasteiger partial charge in [0, 0.05) is 39.3 Å². The lowest BCUT2D eigenvalue weighted by molar-refractivity contribution is 0.187. The average Bonchev–Trinajstić information content (AvgIpc) is 2.86. The van der Waals surface area contributed by atoms with Gasteiger partial charge in [-0.1, -0.05) is 0 Å². The molecule has 0 aromatic rings. The van der Waals surface area contributed by atoms with E-state index < -0.39 is 9.84 Å². The molecule has 0 radical (unpaired) electrons. The highest BCUT2D eigenvalue weighted by atomic mass is 127. The number of hydrogen-bond acceptors (Lipinski definition) is 5. The minimum atomic E-state index is -2.81. The van der Waals surface area contributed by atoms with E-state index in [9.17, 15) is 13.5 Å². The van der Waals surface area contributed by atoms with Gasteiger partial charge in [-0.25, -0.2) is 8.42 Å². The molecule has 2 rings (SSSR count). The van der Waals surface area contributed by atoms with E-state index in [1.807, 2.05) is 6.92 Å². The summed E-state index contributed by atoms with van der Waals surface area (Å²) < 4.78 is 22.7. The van der Waals surface area contributed by atoms with Crippen molar-refractivity contribution < 1.29 is 13.5 Å². The Balaban J connectivity index is 0.00000242. The Morgan fingerprint density at radius 1 is 1.32 bits per heavy atom. The lowest BCUT2D eigenvalue weighted by atomic mass is 10.3. The van der Waals surface area contributed by atoms with Crippen LogP contribution in [0.4, 0.5) is 0 Å². The lowest BCUT2D eigenvalue weighted by Gasteiger charge is -2.26. The summed E-state index contributed by atoms with van der Waals surface area (Å²) >= 11 is 0. The Kier molecular flexibility index (Phi) is 8.36. The molecule has 2 N–H and O–H groups in total. The minimum Gasteiger partial charge on any atom is -0.391 e. The minimum absolute atomic E-state index is 0. The number of nitrogens with zero attached hydrogens (tertiary/aromatic N) is 3. The zero-order valence-electron chi connectivity index (χ0n) is 13.1. The molecule has 0 saturated carbocycles. The number of likely N-dealkylation sites (tertiary alicyclic amines) is 1. The Labute approximate surface area is 150 Å². The Bertz CT molecular complexity index is 458. The van der Waals surface area contributed by atoms with Gasteiger partial charge in [0.15, 0.2) is 15.8 Å². The second-order valence-corrected chi connectivity index (χ2v) is 7.92. The third-order valence-corrected chi connectivity index (χ3v) is 5.52. The van der Waals surface area contributed by atoms with E-state index in [0.29, 0.717) is 26.2 Å². The van der Waals surface area contributed by atoms with Gasteiger partial charge in [-0.05, 0) is 13.3 Å². The summed E-state index contributed by atoms with van der Waals surface area (Å²) in [5, 5.41) is 12.9. The third-order valence-electron chi connectivity index (χ3n) is 3.91. The fourth-order valence-corrected chi connectivity index (χ4v) is 3.91. The number of hydrogen-bond donors (Lipinski definition) is 2. The highest BCUT2D eigenvalue weighted by Gasteiger charge is 2.23. The van der Waals surface area contributed by atoms with Crippen LogP contribution in [0, 0.1) is 0 Å². The van der Waals surface area contributed by atoms with E-state index in [-0.39, 0.29) is 41.6 Å². The summed E-state index contributed by atoms with van der Waals surface area (Å²) in [5.74, 6) is 1.36. The van der Waals surface area contributed by atoms with Gasteiger partial charge in [0.1, 0.15) is 0 Å². The molecular weight excluding hydrogens is 419 g/mol. The van der Waals surface area contributed by atoms with Crippen molar-refractivity contribution in [1.82, 2.24) is 15.1 Å². The number of guanidine groups is 1. The van der Waals surface area contributed by atoms with Crippen molar-refractivity contribution in [2.75, 3.05) is 57.3 Å². The molecule has 2 fully saturated rings. The maximum absolute atomic E-state index is 11.4. The molecule has 0 aromatic carbocycles. The molecule has 7 nitrogen and oxygen atoms in total. The Morgan fingerprint density at radius 2 is 2.00 bits per heavy atom. The highest BCUT2D eigenvalue weighted by molar-refractivity contribution is 14.0. The molecule has 0 bridgehead atoms.